The molecule has 0 spiro atoms. The van der Waals surface area contributed by atoms with Crippen molar-refractivity contribution < 1.29 is 0 Å². The van der Waals surface area contributed by atoms with Crippen LogP contribution in [-0.2, 0) is 0 Å². The second kappa shape index (κ2) is 5.02. The SMILES string of the molecule is CCC(CCl)Nc1ccnc(C)n1. The van der Waals surface area contributed by atoms with Gasteiger partial charge >= 0.3 is 0 Å². The number of anilines is 1. The first kappa shape index (κ1) is 10.3. The van der Waals surface area contributed by atoms with Crippen LogP contribution in [0.5, 0.6) is 0 Å². The molecule has 0 aliphatic rings. The van der Waals surface area contributed by atoms with Crippen LogP contribution >= 0.6 is 11.6 Å². The Kier molecular flexibility index (Phi) is 3.96. The van der Waals surface area contributed by atoms with Crippen LogP contribution in [0.1, 0.15) is 19.2 Å². The van der Waals surface area contributed by atoms with Gasteiger partial charge in [-0.15, -0.1) is 11.6 Å². The topological polar surface area (TPSA) is 37.8 Å². The number of aromatic nitrogens is 2. The van der Waals surface area contributed by atoms with Crippen molar-refractivity contribution in [3.05, 3.63) is 18.1 Å². The Labute approximate surface area is 83.5 Å². The predicted octanol–water partition coefficient (Wildman–Crippen LogP) is 2.21. The lowest BCUT2D eigenvalue weighted by Crippen LogP contribution is -2.20. The van der Waals surface area contributed by atoms with Gasteiger partial charge < -0.3 is 5.32 Å². The molecule has 0 aliphatic carbocycles. The van der Waals surface area contributed by atoms with Gasteiger partial charge in [0.05, 0.1) is 0 Å². The molecule has 1 rings (SSSR count). The molecule has 0 bridgehead atoms. The second-order valence-corrected chi connectivity index (χ2v) is 3.20. The van der Waals surface area contributed by atoms with E-state index in [0.717, 1.165) is 18.1 Å². The van der Waals surface area contributed by atoms with E-state index in [0.29, 0.717) is 5.88 Å². The zero-order valence-corrected chi connectivity index (χ0v) is 8.67. The summed E-state index contributed by atoms with van der Waals surface area (Å²) in [5, 5.41) is 3.24. The molecule has 0 aliphatic heterocycles. The Morgan fingerprint density at radius 3 is 2.92 bits per heavy atom. The monoisotopic (exact) mass is 199 g/mol. The predicted molar refractivity (Wildman–Crippen MR) is 55.2 cm³/mol. The molecule has 0 amide bonds. The van der Waals surface area contributed by atoms with Crippen LogP contribution < -0.4 is 5.32 Å². The summed E-state index contributed by atoms with van der Waals surface area (Å²) in [6.45, 7) is 3.96. The van der Waals surface area contributed by atoms with Crippen LogP contribution in [0.25, 0.3) is 0 Å². The first-order valence-corrected chi connectivity index (χ1v) is 4.92. The lowest BCUT2D eigenvalue weighted by Gasteiger charge is -2.13. The first-order chi connectivity index (χ1) is 6.26. The van der Waals surface area contributed by atoms with E-state index < -0.39 is 0 Å². The van der Waals surface area contributed by atoms with Crippen molar-refractivity contribution in [1.29, 1.82) is 0 Å². The molecule has 0 radical (unpaired) electrons. The summed E-state index contributed by atoms with van der Waals surface area (Å²) in [6.07, 6.45) is 2.73. The number of alkyl halides is 1. The van der Waals surface area contributed by atoms with E-state index in [1.165, 1.54) is 0 Å². The highest BCUT2D eigenvalue weighted by Crippen LogP contribution is 2.06. The third kappa shape index (κ3) is 3.19. The molecule has 1 unspecified atom stereocenters. The summed E-state index contributed by atoms with van der Waals surface area (Å²) >= 11 is 5.75. The smallest absolute Gasteiger partial charge is 0.129 e. The van der Waals surface area contributed by atoms with E-state index in [9.17, 15) is 0 Å². The molecule has 0 aromatic carbocycles. The number of halogens is 1. The molecule has 0 saturated carbocycles. The Bertz CT molecular complexity index is 261. The standard InChI is InChI=1S/C9H14ClN3/c1-3-8(6-10)13-9-4-5-11-7(2)12-9/h4-5,8H,3,6H2,1-2H3,(H,11,12,13). The van der Waals surface area contributed by atoms with Gasteiger partial charge in [-0.05, 0) is 19.4 Å². The van der Waals surface area contributed by atoms with Crippen LogP contribution in [-0.4, -0.2) is 21.9 Å². The molecule has 0 saturated heterocycles. The summed E-state index contributed by atoms with van der Waals surface area (Å²) in [6, 6.07) is 2.14. The molecule has 1 aromatic rings. The van der Waals surface area contributed by atoms with Gasteiger partial charge in [0.25, 0.3) is 0 Å². The second-order valence-electron chi connectivity index (χ2n) is 2.89. The molecule has 4 heteroatoms. The van der Waals surface area contributed by atoms with Gasteiger partial charge in [-0.3, -0.25) is 0 Å². The van der Waals surface area contributed by atoms with Crippen LogP contribution in [0.4, 0.5) is 5.82 Å². The minimum absolute atomic E-state index is 0.288. The van der Waals surface area contributed by atoms with Crippen molar-refractivity contribution in [2.75, 3.05) is 11.2 Å². The fourth-order valence-corrected chi connectivity index (χ4v) is 1.29. The molecule has 1 aromatic heterocycles. The van der Waals surface area contributed by atoms with Crippen molar-refractivity contribution in [3.8, 4) is 0 Å². The van der Waals surface area contributed by atoms with E-state index in [4.69, 9.17) is 11.6 Å². The summed E-state index contributed by atoms with van der Waals surface area (Å²) in [5.41, 5.74) is 0. The zero-order valence-electron chi connectivity index (χ0n) is 7.92. The van der Waals surface area contributed by atoms with Gasteiger partial charge in [-0.25, -0.2) is 9.97 Å². The molecule has 1 N–H and O–H groups in total. The fraction of sp³-hybridized carbons (Fsp3) is 0.556. The highest BCUT2D eigenvalue weighted by atomic mass is 35.5. The summed E-state index contributed by atoms with van der Waals surface area (Å²) in [4.78, 5) is 8.24. The van der Waals surface area contributed by atoms with Crippen molar-refractivity contribution >= 4 is 17.4 Å². The maximum Gasteiger partial charge on any atom is 0.129 e. The highest BCUT2D eigenvalue weighted by molar-refractivity contribution is 6.18. The average molecular weight is 200 g/mol. The summed E-state index contributed by atoms with van der Waals surface area (Å²) in [5.74, 6) is 2.22. The van der Waals surface area contributed by atoms with Crippen LogP contribution in [0, 0.1) is 6.92 Å². The summed E-state index contributed by atoms with van der Waals surface area (Å²) in [7, 11) is 0. The molecule has 72 valence electrons. The quantitative estimate of drug-likeness (QED) is 0.756. The third-order valence-corrected chi connectivity index (χ3v) is 2.18. The van der Waals surface area contributed by atoms with Crippen molar-refractivity contribution in [1.82, 2.24) is 9.97 Å². The van der Waals surface area contributed by atoms with E-state index in [1.807, 2.05) is 13.0 Å². The van der Waals surface area contributed by atoms with Crippen LogP contribution in [0.3, 0.4) is 0 Å². The molecular weight excluding hydrogens is 186 g/mol. The van der Waals surface area contributed by atoms with Gasteiger partial charge in [0.15, 0.2) is 0 Å². The molecule has 3 nitrogen and oxygen atoms in total. The number of nitrogens with zero attached hydrogens (tertiary/aromatic N) is 2. The van der Waals surface area contributed by atoms with E-state index in [2.05, 4.69) is 22.2 Å². The minimum atomic E-state index is 0.288. The molecule has 1 atom stereocenters. The third-order valence-electron chi connectivity index (χ3n) is 1.81. The molecule has 0 fully saturated rings. The maximum atomic E-state index is 5.75. The van der Waals surface area contributed by atoms with Crippen molar-refractivity contribution in [2.45, 2.75) is 26.3 Å². The van der Waals surface area contributed by atoms with Gasteiger partial charge in [0.2, 0.25) is 0 Å². The Hall–Kier alpha value is -0.830. The number of nitrogens with one attached hydrogen (secondary N) is 1. The first-order valence-electron chi connectivity index (χ1n) is 4.38. The molecule has 13 heavy (non-hydrogen) atoms. The van der Waals surface area contributed by atoms with Crippen LogP contribution in [0.2, 0.25) is 0 Å². The number of rotatable bonds is 4. The Morgan fingerprint density at radius 1 is 1.62 bits per heavy atom. The largest absolute Gasteiger partial charge is 0.366 e. The van der Waals surface area contributed by atoms with Crippen LogP contribution in [0.15, 0.2) is 12.3 Å². The van der Waals surface area contributed by atoms with Crippen molar-refractivity contribution in [3.63, 3.8) is 0 Å². The number of hydrogen-bond donors (Lipinski definition) is 1. The van der Waals surface area contributed by atoms with Crippen molar-refractivity contribution in [2.24, 2.45) is 0 Å². The average Bonchev–Trinajstić information content (AvgIpc) is 2.14. The van der Waals surface area contributed by atoms with E-state index >= 15 is 0 Å². The van der Waals surface area contributed by atoms with Gasteiger partial charge in [0, 0.05) is 18.1 Å². The fourth-order valence-electron chi connectivity index (χ4n) is 0.995. The summed E-state index contributed by atoms with van der Waals surface area (Å²) < 4.78 is 0. The van der Waals surface area contributed by atoms with Gasteiger partial charge in [0.1, 0.15) is 11.6 Å². The lowest BCUT2D eigenvalue weighted by molar-refractivity contribution is 0.763. The minimum Gasteiger partial charge on any atom is -0.366 e. The Balaban J connectivity index is 2.62. The van der Waals surface area contributed by atoms with Gasteiger partial charge in [-0.2, -0.15) is 0 Å². The van der Waals surface area contributed by atoms with E-state index in [-0.39, 0.29) is 6.04 Å². The Morgan fingerprint density at radius 2 is 2.38 bits per heavy atom. The molecule has 1 heterocycles. The number of aryl methyl sites for hydroxylation is 1. The zero-order chi connectivity index (χ0) is 9.68. The normalized spacial score (nSPS) is 12.5. The van der Waals surface area contributed by atoms with E-state index in [1.54, 1.807) is 6.20 Å². The highest BCUT2D eigenvalue weighted by Gasteiger charge is 2.04. The molecular formula is C9H14ClN3. The maximum absolute atomic E-state index is 5.75. The lowest BCUT2D eigenvalue weighted by atomic mass is 10.2. The number of hydrogen-bond acceptors (Lipinski definition) is 3. The van der Waals surface area contributed by atoms with Gasteiger partial charge in [-0.1, -0.05) is 6.92 Å².